The second-order valence-corrected chi connectivity index (χ2v) is 6.98. The summed E-state index contributed by atoms with van der Waals surface area (Å²) >= 11 is 0. The quantitative estimate of drug-likeness (QED) is 0.821. The predicted molar refractivity (Wildman–Crippen MR) is 54.5 cm³/mol. The molecular weight excluding hydrogens is 354 g/mol. The molecule has 0 aliphatic heterocycles. The van der Waals surface area contributed by atoms with Crippen molar-refractivity contribution >= 4 is 20.0 Å². The van der Waals surface area contributed by atoms with Crippen LogP contribution in [0.15, 0.2) is 23.4 Å². The lowest BCUT2D eigenvalue weighted by atomic mass is 10.3. The maximum absolute atomic E-state index is 12.2. The van der Waals surface area contributed by atoms with Gasteiger partial charge < -0.3 is 0 Å². The standard InChI is InChI=1S/C7H4F6N2O4S2/c8-6(9,10)4-1-2-5(14-3-4)20(16,17)15-21(18,19)7(11,12)13/h1-3,15H. The molecule has 1 heterocycles. The van der Waals surface area contributed by atoms with Crippen LogP contribution in [-0.2, 0) is 26.2 Å². The van der Waals surface area contributed by atoms with Crippen LogP contribution in [0.4, 0.5) is 26.3 Å². The Hall–Kier alpha value is -1.41. The van der Waals surface area contributed by atoms with Crippen LogP contribution in [0.3, 0.4) is 0 Å². The van der Waals surface area contributed by atoms with Crippen molar-refractivity contribution in [3.63, 3.8) is 0 Å². The number of halogens is 6. The van der Waals surface area contributed by atoms with Gasteiger partial charge in [-0.25, -0.2) is 21.8 Å². The van der Waals surface area contributed by atoms with E-state index in [0.29, 0.717) is 4.13 Å². The molecule has 0 amide bonds. The molecule has 0 aromatic carbocycles. The van der Waals surface area contributed by atoms with Gasteiger partial charge in [0.2, 0.25) is 0 Å². The molecule has 0 bridgehead atoms. The van der Waals surface area contributed by atoms with Crippen molar-refractivity contribution in [3.05, 3.63) is 23.9 Å². The molecule has 0 aliphatic carbocycles. The highest BCUT2D eigenvalue weighted by atomic mass is 32.3. The summed E-state index contributed by atoms with van der Waals surface area (Å²) in [6, 6.07) is 0.443. The molecule has 14 heteroatoms. The molecule has 0 fully saturated rings. The third-order valence-corrected chi connectivity index (χ3v) is 5.02. The number of hydrogen-bond donors (Lipinski definition) is 1. The number of alkyl halides is 6. The summed E-state index contributed by atoms with van der Waals surface area (Å²) in [5.74, 6) is 0. The summed E-state index contributed by atoms with van der Waals surface area (Å²) in [6.07, 6.45) is -4.81. The molecule has 0 radical (unpaired) electrons. The number of nitrogens with one attached hydrogen (secondary N) is 1. The summed E-state index contributed by atoms with van der Waals surface area (Å²) in [5, 5.41) is -1.32. The van der Waals surface area contributed by atoms with Crippen LogP contribution in [0.2, 0.25) is 0 Å². The fourth-order valence-corrected chi connectivity index (χ4v) is 3.25. The molecule has 6 nitrogen and oxygen atoms in total. The van der Waals surface area contributed by atoms with E-state index in [1.165, 1.54) is 0 Å². The first-order valence-electron chi connectivity index (χ1n) is 4.55. The van der Waals surface area contributed by atoms with Crippen molar-refractivity contribution < 1.29 is 43.2 Å². The molecule has 120 valence electrons. The Kier molecular flexibility index (Phi) is 4.28. The zero-order valence-corrected chi connectivity index (χ0v) is 11.0. The number of nitrogens with zero attached hydrogens (tertiary/aromatic N) is 1. The van der Waals surface area contributed by atoms with E-state index in [-0.39, 0.29) is 18.3 Å². The smallest absolute Gasteiger partial charge is 0.243 e. The molecule has 0 unspecified atom stereocenters. The molecule has 0 saturated heterocycles. The van der Waals surface area contributed by atoms with Crippen LogP contribution in [-0.4, -0.2) is 27.3 Å². The lowest BCUT2D eigenvalue weighted by Gasteiger charge is -2.10. The number of rotatable bonds is 3. The van der Waals surface area contributed by atoms with Crippen LogP contribution in [0.25, 0.3) is 0 Å². The topological polar surface area (TPSA) is 93.2 Å². The highest BCUT2D eigenvalue weighted by Gasteiger charge is 2.48. The van der Waals surface area contributed by atoms with Gasteiger partial charge in [-0.05, 0) is 12.1 Å². The van der Waals surface area contributed by atoms with Gasteiger partial charge in [0.1, 0.15) is 0 Å². The first-order valence-corrected chi connectivity index (χ1v) is 7.51. The van der Waals surface area contributed by atoms with Gasteiger partial charge in [0, 0.05) is 6.20 Å². The summed E-state index contributed by atoms with van der Waals surface area (Å²) in [7, 11) is -11.5. The molecule has 0 spiro atoms. The van der Waals surface area contributed by atoms with Crippen molar-refractivity contribution in [2.75, 3.05) is 0 Å². The Labute approximate surface area is 113 Å². The molecule has 1 aromatic rings. The van der Waals surface area contributed by atoms with Crippen molar-refractivity contribution in [2.24, 2.45) is 0 Å². The lowest BCUT2D eigenvalue weighted by Crippen LogP contribution is -2.40. The van der Waals surface area contributed by atoms with Gasteiger partial charge in [0.25, 0.3) is 10.0 Å². The van der Waals surface area contributed by atoms with E-state index in [4.69, 9.17) is 0 Å². The van der Waals surface area contributed by atoms with Crippen LogP contribution < -0.4 is 4.13 Å². The number of aromatic nitrogens is 1. The van der Waals surface area contributed by atoms with Crippen molar-refractivity contribution in [1.82, 2.24) is 9.11 Å². The third kappa shape index (κ3) is 4.04. The number of pyridine rings is 1. The summed E-state index contributed by atoms with van der Waals surface area (Å²) in [4.78, 5) is 2.78. The Balaban J connectivity index is 3.17. The summed E-state index contributed by atoms with van der Waals surface area (Å²) < 4.78 is 117. The monoisotopic (exact) mass is 358 g/mol. The van der Waals surface area contributed by atoms with E-state index in [9.17, 15) is 43.2 Å². The van der Waals surface area contributed by atoms with Crippen LogP contribution >= 0.6 is 0 Å². The van der Waals surface area contributed by atoms with E-state index in [2.05, 4.69) is 4.98 Å². The first kappa shape index (κ1) is 17.6. The minimum Gasteiger partial charge on any atom is -0.243 e. The zero-order chi connectivity index (χ0) is 16.7. The van der Waals surface area contributed by atoms with E-state index in [1.54, 1.807) is 0 Å². The Bertz CT molecular complexity index is 720. The minimum absolute atomic E-state index is 0.0365. The average molecular weight is 358 g/mol. The van der Waals surface area contributed by atoms with Crippen LogP contribution in [0, 0.1) is 0 Å². The van der Waals surface area contributed by atoms with Gasteiger partial charge in [-0.1, -0.05) is 4.13 Å². The lowest BCUT2D eigenvalue weighted by molar-refractivity contribution is -0.137. The van der Waals surface area contributed by atoms with Crippen molar-refractivity contribution in [3.8, 4) is 0 Å². The molecule has 0 saturated carbocycles. The molecule has 1 N–H and O–H groups in total. The van der Waals surface area contributed by atoms with E-state index in [1.807, 2.05) is 0 Å². The van der Waals surface area contributed by atoms with Gasteiger partial charge >= 0.3 is 21.7 Å². The van der Waals surface area contributed by atoms with Gasteiger partial charge in [0.05, 0.1) is 5.56 Å². The SMILES string of the molecule is O=S(=O)(NS(=O)(=O)C(F)(F)F)c1ccc(C(F)(F)F)cn1. The summed E-state index contributed by atoms with van der Waals surface area (Å²) in [5.41, 5.74) is -7.27. The maximum atomic E-state index is 12.2. The highest BCUT2D eigenvalue weighted by molar-refractivity contribution is 8.05. The van der Waals surface area contributed by atoms with E-state index >= 15 is 0 Å². The maximum Gasteiger partial charge on any atom is 0.512 e. The Morgan fingerprint density at radius 2 is 1.48 bits per heavy atom. The van der Waals surface area contributed by atoms with Crippen molar-refractivity contribution in [2.45, 2.75) is 16.7 Å². The summed E-state index contributed by atoms with van der Waals surface area (Å²) in [6.45, 7) is 0. The molecule has 1 rings (SSSR count). The van der Waals surface area contributed by atoms with Crippen LogP contribution in [0.1, 0.15) is 5.56 Å². The number of sulfonamides is 2. The van der Waals surface area contributed by atoms with E-state index < -0.39 is 42.3 Å². The molecule has 0 aliphatic rings. The largest absolute Gasteiger partial charge is 0.512 e. The molecule has 1 aromatic heterocycles. The number of hydrogen-bond acceptors (Lipinski definition) is 5. The molecule has 21 heavy (non-hydrogen) atoms. The van der Waals surface area contributed by atoms with Gasteiger partial charge in [-0.2, -0.15) is 26.3 Å². The Morgan fingerprint density at radius 3 is 1.81 bits per heavy atom. The van der Waals surface area contributed by atoms with E-state index in [0.717, 1.165) is 0 Å². The Morgan fingerprint density at radius 1 is 0.952 bits per heavy atom. The first-order chi connectivity index (χ1) is 9.17. The van der Waals surface area contributed by atoms with Crippen LogP contribution in [0.5, 0.6) is 0 Å². The predicted octanol–water partition coefficient (Wildman–Crippen LogP) is 1.23. The molecular formula is C7H4F6N2O4S2. The van der Waals surface area contributed by atoms with Gasteiger partial charge in [0.15, 0.2) is 5.03 Å². The fourth-order valence-electron chi connectivity index (χ4n) is 0.941. The normalized spacial score (nSPS) is 14.2. The third-order valence-electron chi connectivity index (χ3n) is 1.86. The molecule has 0 atom stereocenters. The second kappa shape index (κ2) is 5.10. The zero-order valence-electron chi connectivity index (χ0n) is 9.40. The average Bonchev–Trinajstić information content (AvgIpc) is 2.25. The highest BCUT2D eigenvalue weighted by Crippen LogP contribution is 2.29. The minimum atomic E-state index is -6.24. The fraction of sp³-hybridized carbons (Fsp3) is 0.286. The van der Waals surface area contributed by atoms with Gasteiger partial charge in [-0.3, -0.25) is 0 Å². The second-order valence-electron chi connectivity index (χ2n) is 3.42. The van der Waals surface area contributed by atoms with Crippen molar-refractivity contribution in [1.29, 1.82) is 0 Å². The van der Waals surface area contributed by atoms with Gasteiger partial charge in [-0.15, -0.1) is 0 Å².